The van der Waals surface area contributed by atoms with Crippen LogP contribution in [-0.4, -0.2) is 4.98 Å². The van der Waals surface area contributed by atoms with Crippen molar-refractivity contribution < 1.29 is 13.2 Å². The number of rotatable bonds is 0. The third-order valence-electron chi connectivity index (χ3n) is 4.02. The van der Waals surface area contributed by atoms with Gasteiger partial charge in [-0.1, -0.05) is 18.2 Å². The summed E-state index contributed by atoms with van der Waals surface area (Å²) in [5, 5.41) is 0.942. The van der Waals surface area contributed by atoms with Gasteiger partial charge in [0, 0.05) is 6.20 Å². The summed E-state index contributed by atoms with van der Waals surface area (Å²) in [6.45, 7) is 10.8. The van der Waals surface area contributed by atoms with Crippen molar-refractivity contribution in [2.75, 3.05) is 0 Å². The van der Waals surface area contributed by atoms with Crippen LogP contribution >= 0.6 is 9.24 Å². The first-order valence-electron chi connectivity index (χ1n) is 8.85. The molecule has 0 amide bonds. The van der Waals surface area contributed by atoms with Gasteiger partial charge in [0.1, 0.15) is 17.5 Å². The van der Waals surface area contributed by atoms with E-state index < -0.39 is 0 Å². The second kappa shape index (κ2) is 11.0. The molecule has 1 nitrogen and oxygen atoms in total. The molecule has 1 unspecified atom stereocenters. The number of halogens is 3. The van der Waals surface area contributed by atoms with E-state index in [1.54, 1.807) is 39.1 Å². The van der Waals surface area contributed by atoms with Gasteiger partial charge in [0.15, 0.2) is 0 Å². The first kappa shape index (κ1) is 23.8. The van der Waals surface area contributed by atoms with E-state index in [0.717, 1.165) is 27.6 Å². The van der Waals surface area contributed by atoms with Crippen molar-refractivity contribution in [1.82, 2.24) is 4.98 Å². The van der Waals surface area contributed by atoms with Crippen LogP contribution in [0.5, 0.6) is 0 Å². The third kappa shape index (κ3) is 7.82. The molecule has 3 rings (SSSR count). The Labute approximate surface area is 168 Å². The van der Waals surface area contributed by atoms with Crippen molar-refractivity contribution in [2.45, 2.75) is 41.5 Å². The van der Waals surface area contributed by atoms with Crippen molar-refractivity contribution in [3.05, 3.63) is 93.6 Å². The molecule has 0 aliphatic rings. The number of aromatic nitrogens is 1. The molecular formula is C23H27F3NP. The molecule has 0 saturated heterocycles. The van der Waals surface area contributed by atoms with Gasteiger partial charge in [-0.3, -0.25) is 4.98 Å². The summed E-state index contributed by atoms with van der Waals surface area (Å²) >= 11 is 0. The van der Waals surface area contributed by atoms with E-state index in [2.05, 4.69) is 14.2 Å². The Hall–Kier alpha value is -2.19. The quantitative estimate of drug-likeness (QED) is 0.405. The topological polar surface area (TPSA) is 12.9 Å². The van der Waals surface area contributed by atoms with E-state index in [0.29, 0.717) is 11.3 Å². The molecule has 0 aliphatic carbocycles. The van der Waals surface area contributed by atoms with Crippen LogP contribution in [-0.2, 0) is 0 Å². The minimum Gasteiger partial charge on any atom is -0.258 e. The van der Waals surface area contributed by atoms with Crippen molar-refractivity contribution in [3.8, 4) is 0 Å². The SMILES string of the molecule is Cc1cc(F)c(C)c(P)c1.Cc1ccc(C)c(F)c1.Cc1cnc(C)c(F)c1. The van der Waals surface area contributed by atoms with Gasteiger partial charge >= 0.3 is 0 Å². The molecule has 0 radical (unpaired) electrons. The maximum absolute atomic E-state index is 12.8. The average molecular weight is 405 g/mol. The van der Waals surface area contributed by atoms with E-state index in [9.17, 15) is 13.2 Å². The van der Waals surface area contributed by atoms with Gasteiger partial charge in [0.05, 0.1) is 5.69 Å². The van der Waals surface area contributed by atoms with Crippen LogP contribution in [0, 0.1) is 59.0 Å². The lowest BCUT2D eigenvalue weighted by Crippen LogP contribution is -2.00. The lowest BCUT2D eigenvalue weighted by molar-refractivity contribution is 0.608. The summed E-state index contributed by atoms with van der Waals surface area (Å²) < 4.78 is 37.9. The number of pyridine rings is 1. The van der Waals surface area contributed by atoms with E-state index >= 15 is 0 Å². The molecule has 28 heavy (non-hydrogen) atoms. The third-order valence-corrected chi connectivity index (χ3v) is 4.62. The smallest absolute Gasteiger partial charge is 0.144 e. The summed E-state index contributed by atoms with van der Waals surface area (Å²) in [5.41, 5.74) is 4.68. The van der Waals surface area contributed by atoms with E-state index in [-0.39, 0.29) is 17.5 Å². The van der Waals surface area contributed by atoms with Gasteiger partial charge < -0.3 is 0 Å². The first-order valence-corrected chi connectivity index (χ1v) is 9.42. The lowest BCUT2D eigenvalue weighted by Gasteiger charge is -2.01. The fourth-order valence-corrected chi connectivity index (χ4v) is 2.54. The van der Waals surface area contributed by atoms with E-state index in [4.69, 9.17) is 0 Å². The van der Waals surface area contributed by atoms with Crippen LogP contribution in [0.2, 0.25) is 0 Å². The molecule has 0 saturated carbocycles. The minimum atomic E-state index is -0.227. The van der Waals surface area contributed by atoms with Gasteiger partial charge in [0.2, 0.25) is 0 Å². The zero-order valence-electron chi connectivity index (χ0n) is 17.2. The molecule has 5 heteroatoms. The summed E-state index contributed by atoms with van der Waals surface area (Å²) in [5.74, 6) is -0.463. The molecular weight excluding hydrogens is 378 g/mol. The van der Waals surface area contributed by atoms with Crippen molar-refractivity contribution in [1.29, 1.82) is 0 Å². The van der Waals surface area contributed by atoms with Gasteiger partial charge in [-0.05, 0) is 92.9 Å². The second-order valence-corrected chi connectivity index (χ2v) is 7.42. The zero-order valence-corrected chi connectivity index (χ0v) is 18.4. The van der Waals surface area contributed by atoms with E-state index in [1.165, 1.54) is 12.1 Å². The van der Waals surface area contributed by atoms with Crippen LogP contribution in [0.1, 0.15) is 33.5 Å². The van der Waals surface area contributed by atoms with Gasteiger partial charge in [-0.25, -0.2) is 13.2 Å². The van der Waals surface area contributed by atoms with Crippen LogP contribution in [0.25, 0.3) is 0 Å². The number of benzene rings is 2. The molecule has 0 bridgehead atoms. The number of hydrogen-bond acceptors (Lipinski definition) is 1. The zero-order chi connectivity index (χ0) is 21.4. The number of nitrogens with zero attached hydrogens (tertiary/aromatic N) is 1. The standard InChI is InChI=1S/C8H10FP.C8H9F.C7H8FN/c1-5-3-7(9)6(2)8(10)4-5;1-6-3-4-7(2)8(9)5-6;1-5-3-7(8)6(2)9-4-5/h3-4H,10H2,1-2H3;3-5H,1-2H3;3-4H,1-2H3. The molecule has 2 aromatic carbocycles. The Morgan fingerprint density at radius 2 is 1.25 bits per heavy atom. The average Bonchev–Trinajstić information content (AvgIpc) is 2.61. The number of hydrogen-bond donors (Lipinski definition) is 0. The van der Waals surface area contributed by atoms with Gasteiger partial charge in [-0.15, -0.1) is 9.24 Å². The van der Waals surface area contributed by atoms with Crippen LogP contribution < -0.4 is 5.30 Å². The molecule has 0 fully saturated rings. The highest BCUT2D eigenvalue weighted by Gasteiger charge is 2.00. The predicted octanol–water partition coefficient (Wildman–Crippen LogP) is 6.22. The van der Waals surface area contributed by atoms with E-state index in [1.807, 2.05) is 32.9 Å². The van der Waals surface area contributed by atoms with Gasteiger partial charge in [-0.2, -0.15) is 0 Å². The minimum absolute atomic E-state index is 0.116. The van der Waals surface area contributed by atoms with Crippen molar-refractivity contribution >= 4 is 14.5 Å². The molecule has 150 valence electrons. The van der Waals surface area contributed by atoms with Crippen LogP contribution in [0.3, 0.4) is 0 Å². The molecule has 1 aromatic heterocycles. The molecule has 0 aliphatic heterocycles. The predicted molar refractivity (Wildman–Crippen MR) is 115 cm³/mol. The fraction of sp³-hybridized carbons (Fsp3) is 0.261. The van der Waals surface area contributed by atoms with Crippen molar-refractivity contribution in [3.63, 3.8) is 0 Å². The maximum atomic E-state index is 12.8. The monoisotopic (exact) mass is 405 g/mol. The lowest BCUT2D eigenvalue weighted by atomic mass is 10.1. The highest BCUT2D eigenvalue weighted by molar-refractivity contribution is 7.27. The molecule has 0 N–H and O–H groups in total. The molecule has 3 aromatic rings. The maximum Gasteiger partial charge on any atom is 0.144 e. The Bertz CT molecular complexity index is 867. The van der Waals surface area contributed by atoms with Crippen LogP contribution in [0.4, 0.5) is 13.2 Å². The Morgan fingerprint density at radius 1 is 0.679 bits per heavy atom. The van der Waals surface area contributed by atoms with Crippen molar-refractivity contribution in [2.24, 2.45) is 0 Å². The second-order valence-electron chi connectivity index (χ2n) is 6.79. The highest BCUT2D eigenvalue weighted by atomic mass is 31.0. The molecule has 1 atom stereocenters. The summed E-state index contributed by atoms with van der Waals surface area (Å²) in [6.07, 6.45) is 1.65. The normalized spacial score (nSPS) is 9.79. The Morgan fingerprint density at radius 3 is 1.71 bits per heavy atom. The first-order chi connectivity index (χ1) is 13.0. The number of aryl methyl sites for hydroxylation is 5. The Kier molecular flexibility index (Phi) is 9.34. The summed E-state index contributed by atoms with van der Waals surface area (Å²) in [7, 11) is 2.52. The molecule has 1 heterocycles. The summed E-state index contributed by atoms with van der Waals surface area (Å²) in [6, 6.07) is 10.2. The largest absolute Gasteiger partial charge is 0.258 e. The highest BCUT2D eigenvalue weighted by Crippen LogP contribution is 2.08. The van der Waals surface area contributed by atoms with Gasteiger partial charge in [0.25, 0.3) is 0 Å². The summed E-state index contributed by atoms with van der Waals surface area (Å²) in [4.78, 5) is 3.80. The van der Waals surface area contributed by atoms with Crippen LogP contribution in [0.15, 0.2) is 42.6 Å². The Balaban J connectivity index is 0.000000210. The fourth-order valence-electron chi connectivity index (χ4n) is 2.14. The molecule has 0 spiro atoms.